The molecule has 0 aliphatic heterocycles. The highest BCUT2D eigenvalue weighted by Crippen LogP contribution is 2.63. The summed E-state index contributed by atoms with van der Waals surface area (Å²) < 4.78 is 0. The van der Waals surface area contributed by atoms with Gasteiger partial charge in [0.15, 0.2) is 0 Å². The van der Waals surface area contributed by atoms with E-state index in [2.05, 4.69) is 218 Å². The summed E-state index contributed by atoms with van der Waals surface area (Å²) in [5.74, 6) is 0. The molecule has 0 amide bonds. The maximum atomic E-state index is 2.52. The van der Waals surface area contributed by atoms with Gasteiger partial charge in [-0.3, -0.25) is 0 Å². The summed E-state index contributed by atoms with van der Waals surface area (Å²) in [6.45, 7) is 0. The van der Waals surface area contributed by atoms with Crippen molar-refractivity contribution in [2.24, 2.45) is 0 Å². The normalized spacial score (nSPS) is 13.2. The van der Waals surface area contributed by atoms with Crippen molar-refractivity contribution in [1.82, 2.24) is 0 Å². The Kier molecular flexibility index (Phi) is 6.74. The second-order valence-electron chi connectivity index (χ2n) is 16.3. The minimum absolute atomic E-state index is 0.403. The Balaban J connectivity index is 1.02. The number of rotatable bonds is 3. The van der Waals surface area contributed by atoms with Gasteiger partial charge in [0.2, 0.25) is 0 Å². The SMILES string of the molecule is c1ccc(-c2c3ccccc3c(-c3cccc(-c4ccc5cc6c(cc5c4)C4(c5ccccc5-c5ccccc54)c4cc5ccccc5cc4-6)c3)c3ccccc23)cc1. The highest BCUT2D eigenvalue weighted by molar-refractivity contribution is 6.21. The third kappa shape index (κ3) is 4.49. The van der Waals surface area contributed by atoms with Crippen molar-refractivity contribution in [2.45, 2.75) is 5.41 Å². The van der Waals surface area contributed by atoms with Crippen LogP contribution in [0.5, 0.6) is 0 Å². The monoisotopic (exact) mass is 744 g/mol. The molecule has 0 N–H and O–H groups in total. The average Bonchev–Trinajstić information content (AvgIpc) is 3.75. The molecule has 272 valence electrons. The molecule has 2 aliphatic rings. The van der Waals surface area contributed by atoms with Gasteiger partial charge in [-0.1, -0.05) is 182 Å². The van der Waals surface area contributed by atoms with Crippen LogP contribution < -0.4 is 0 Å². The second kappa shape index (κ2) is 12.2. The molecule has 0 saturated heterocycles. The first kappa shape index (κ1) is 32.5. The van der Waals surface area contributed by atoms with Crippen LogP contribution in [0.1, 0.15) is 22.3 Å². The Morgan fingerprint density at radius 3 is 1.29 bits per heavy atom. The average molecular weight is 745 g/mol. The smallest absolute Gasteiger partial charge is 0.0622 e. The van der Waals surface area contributed by atoms with Gasteiger partial charge in [0, 0.05) is 0 Å². The van der Waals surface area contributed by atoms with Gasteiger partial charge in [0.1, 0.15) is 0 Å². The highest BCUT2D eigenvalue weighted by Gasteiger charge is 2.51. The van der Waals surface area contributed by atoms with Gasteiger partial charge in [-0.25, -0.2) is 0 Å². The van der Waals surface area contributed by atoms with E-state index in [0.717, 1.165) is 0 Å². The second-order valence-corrected chi connectivity index (χ2v) is 16.3. The fraction of sp³-hybridized carbons (Fsp3) is 0.0169. The van der Waals surface area contributed by atoms with E-state index in [-0.39, 0.29) is 0 Å². The summed E-state index contributed by atoms with van der Waals surface area (Å²) in [7, 11) is 0. The van der Waals surface area contributed by atoms with Gasteiger partial charge in [0.05, 0.1) is 5.41 Å². The third-order valence-corrected chi connectivity index (χ3v) is 13.4. The van der Waals surface area contributed by atoms with Crippen molar-refractivity contribution in [3.8, 4) is 55.6 Å². The van der Waals surface area contributed by atoms with Crippen LogP contribution in [0.25, 0.3) is 98.7 Å². The van der Waals surface area contributed by atoms with Gasteiger partial charge in [-0.05, 0) is 157 Å². The van der Waals surface area contributed by atoms with Gasteiger partial charge < -0.3 is 0 Å². The number of hydrogen-bond acceptors (Lipinski definition) is 0. The number of fused-ring (bicyclic) bond motifs is 14. The molecule has 0 radical (unpaired) electrons. The van der Waals surface area contributed by atoms with Crippen LogP contribution in [0.2, 0.25) is 0 Å². The molecule has 0 heteroatoms. The lowest BCUT2D eigenvalue weighted by atomic mass is 9.70. The van der Waals surface area contributed by atoms with E-state index in [4.69, 9.17) is 0 Å². The summed E-state index contributed by atoms with van der Waals surface area (Å²) >= 11 is 0. The summed E-state index contributed by atoms with van der Waals surface area (Å²) in [4.78, 5) is 0. The van der Waals surface area contributed by atoms with E-state index in [1.807, 2.05) is 0 Å². The predicted octanol–water partition coefficient (Wildman–Crippen LogP) is 15.6. The fourth-order valence-corrected chi connectivity index (χ4v) is 11.0. The number of benzene rings is 11. The standard InChI is InChI=1S/C59H36/c1-2-15-37(16-3-1)57-47-23-6-8-25-49(47)58(50-26-9-7-24-48(50)57)43-20-14-19-38(31-43)41-29-30-42-34-52-51-33-39-17-4-5-18-40(39)35-55(51)59(56(52)36-44(42)32-41)53-27-12-10-21-45(53)46-22-11-13-28-54(46)59/h1-36H. The first-order chi connectivity index (χ1) is 29.3. The molecule has 2 aliphatic carbocycles. The van der Waals surface area contributed by atoms with Crippen molar-refractivity contribution < 1.29 is 0 Å². The van der Waals surface area contributed by atoms with Crippen LogP contribution in [0.4, 0.5) is 0 Å². The van der Waals surface area contributed by atoms with Crippen molar-refractivity contribution in [3.05, 3.63) is 241 Å². The Morgan fingerprint density at radius 2 is 0.661 bits per heavy atom. The van der Waals surface area contributed by atoms with E-state index >= 15 is 0 Å². The molecule has 59 heavy (non-hydrogen) atoms. The molecule has 0 atom stereocenters. The fourth-order valence-electron chi connectivity index (χ4n) is 11.0. The zero-order valence-electron chi connectivity index (χ0n) is 32.3. The van der Waals surface area contributed by atoms with E-state index in [1.54, 1.807) is 0 Å². The summed E-state index contributed by atoms with van der Waals surface area (Å²) in [5.41, 5.74) is 17.9. The van der Waals surface area contributed by atoms with Crippen LogP contribution in [-0.2, 0) is 5.41 Å². The van der Waals surface area contributed by atoms with Crippen molar-refractivity contribution in [1.29, 1.82) is 0 Å². The molecule has 11 aromatic carbocycles. The topological polar surface area (TPSA) is 0 Å². The van der Waals surface area contributed by atoms with Crippen molar-refractivity contribution in [2.75, 3.05) is 0 Å². The largest absolute Gasteiger partial charge is 0.0725 e. The zero-order chi connectivity index (χ0) is 38.7. The van der Waals surface area contributed by atoms with Gasteiger partial charge in [-0.15, -0.1) is 0 Å². The lowest BCUT2D eigenvalue weighted by Crippen LogP contribution is -2.25. The van der Waals surface area contributed by atoms with Crippen molar-refractivity contribution in [3.63, 3.8) is 0 Å². The maximum absolute atomic E-state index is 2.52. The Morgan fingerprint density at radius 1 is 0.220 bits per heavy atom. The van der Waals surface area contributed by atoms with E-state index < -0.39 is 5.41 Å². The Bertz CT molecular complexity index is 3450. The van der Waals surface area contributed by atoms with Crippen LogP contribution >= 0.6 is 0 Å². The maximum Gasteiger partial charge on any atom is 0.0725 e. The molecule has 1 spiro atoms. The molecular weight excluding hydrogens is 709 g/mol. The van der Waals surface area contributed by atoms with Crippen LogP contribution in [0.3, 0.4) is 0 Å². The lowest BCUT2D eigenvalue weighted by Gasteiger charge is -2.30. The molecule has 11 aromatic rings. The first-order valence-corrected chi connectivity index (χ1v) is 20.7. The molecule has 0 unspecified atom stereocenters. The summed E-state index contributed by atoms with van der Waals surface area (Å²) in [6.07, 6.45) is 0. The van der Waals surface area contributed by atoms with Crippen LogP contribution in [-0.4, -0.2) is 0 Å². The molecule has 0 aromatic heterocycles. The van der Waals surface area contributed by atoms with Gasteiger partial charge in [0.25, 0.3) is 0 Å². The third-order valence-electron chi connectivity index (χ3n) is 13.4. The zero-order valence-corrected chi connectivity index (χ0v) is 32.3. The summed E-state index contributed by atoms with van der Waals surface area (Å²) in [6, 6.07) is 81.9. The Hall–Kier alpha value is -7.54. The molecule has 0 bridgehead atoms. The quantitative estimate of drug-likeness (QED) is 0.158. The van der Waals surface area contributed by atoms with E-state index in [9.17, 15) is 0 Å². The summed E-state index contributed by atoms with van der Waals surface area (Å²) in [5, 5.41) is 10.2. The Labute approximate surface area is 343 Å². The number of hydrogen-bond donors (Lipinski definition) is 0. The minimum atomic E-state index is -0.403. The van der Waals surface area contributed by atoms with Gasteiger partial charge in [-0.2, -0.15) is 0 Å². The molecule has 0 fully saturated rings. The first-order valence-electron chi connectivity index (χ1n) is 20.7. The molecule has 0 heterocycles. The van der Waals surface area contributed by atoms with E-state index in [1.165, 1.54) is 121 Å². The van der Waals surface area contributed by atoms with Crippen LogP contribution in [0, 0.1) is 0 Å². The molecule has 0 nitrogen and oxygen atoms in total. The highest BCUT2D eigenvalue weighted by atomic mass is 14.5. The van der Waals surface area contributed by atoms with Crippen molar-refractivity contribution >= 4 is 43.1 Å². The van der Waals surface area contributed by atoms with Crippen LogP contribution in [0.15, 0.2) is 218 Å². The lowest BCUT2D eigenvalue weighted by molar-refractivity contribution is 0.796. The minimum Gasteiger partial charge on any atom is -0.0622 e. The molecular formula is C59H36. The predicted molar refractivity (Wildman–Crippen MR) is 249 cm³/mol. The van der Waals surface area contributed by atoms with Gasteiger partial charge >= 0.3 is 0 Å². The van der Waals surface area contributed by atoms with E-state index in [0.29, 0.717) is 0 Å². The molecule has 0 saturated carbocycles. The molecule has 13 rings (SSSR count).